The summed E-state index contributed by atoms with van der Waals surface area (Å²) in [5.74, 6) is 1.92. The third-order valence-corrected chi connectivity index (χ3v) is 2.05. The molecule has 0 unspecified atom stereocenters. The molecule has 0 saturated carbocycles. The molecule has 0 spiro atoms. The van der Waals surface area contributed by atoms with E-state index in [2.05, 4.69) is 9.97 Å². The molecule has 0 radical (unpaired) electrons. The van der Waals surface area contributed by atoms with Gasteiger partial charge in [-0.05, 0) is 0 Å². The SMILES string of the molecule is CC(C)c1nc(CC=O)cc(N(C)C)n1. The van der Waals surface area contributed by atoms with Crippen molar-refractivity contribution in [3.8, 4) is 0 Å². The summed E-state index contributed by atoms with van der Waals surface area (Å²) < 4.78 is 0. The fourth-order valence-corrected chi connectivity index (χ4v) is 1.18. The summed E-state index contributed by atoms with van der Waals surface area (Å²) in [6.45, 7) is 4.08. The van der Waals surface area contributed by atoms with E-state index in [1.165, 1.54) is 0 Å². The highest BCUT2D eigenvalue weighted by Gasteiger charge is 2.08. The van der Waals surface area contributed by atoms with Crippen molar-refractivity contribution in [2.24, 2.45) is 0 Å². The Balaban J connectivity index is 3.13. The summed E-state index contributed by atoms with van der Waals surface area (Å²) in [5, 5.41) is 0. The van der Waals surface area contributed by atoms with Crippen LogP contribution in [0.15, 0.2) is 6.07 Å². The molecule has 0 aliphatic heterocycles. The van der Waals surface area contributed by atoms with Crippen LogP contribution >= 0.6 is 0 Å². The maximum absolute atomic E-state index is 10.5. The third kappa shape index (κ3) is 3.01. The van der Waals surface area contributed by atoms with Crippen LogP contribution in [-0.4, -0.2) is 30.3 Å². The highest BCUT2D eigenvalue weighted by molar-refractivity contribution is 5.55. The molecule has 0 aromatic carbocycles. The van der Waals surface area contributed by atoms with E-state index in [0.717, 1.165) is 23.6 Å². The summed E-state index contributed by atoms with van der Waals surface area (Å²) in [5.41, 5.74) is 0.785. The molecule has 0 amide bonds. The average Bonchev–Trinajstić information content (AvgIpc) is 2.17. The van der Waals surface area contributed by atoms with Gasteiger partial charge in [0.15, 0.2) is 0 Å². The summed E-state index contributed by atoms with van der Waals surface area (Å²) in [7, 11) is 3.86. The van der Waals surface area contributed by atoms with Gasteiger partial charge in [0.2, 0.25) is 0 Å². The molecule has 0 bridgehead atoms. The molecule has 1 heterocycles. The maximum Gasteiger partial charge on any atom is 0.133 e. The van der Waals surface area contributed by atoms with E-state index in [-0.39, 0.29) is 5.92 Å². The molecular weight excluding hydrogens is 190 g/mol. The number of rotatable bonds is 4. The van der Waals surface area contributed by atoms with E-state index < -0.39 is 0 Å². The van der Waals surface area contributed by atoms with Gasteiger partial charge in [0.25, 0.3) is 0 Å². The topological polar surface area (TPSA) is 46.1 Å². The van der Waals surface area contributed by atoms with Crippen LogP contribution in [0.1, 0.15) is 31.3 Å². The Hall–Kier alpha value is -1.45. The van der Waals surface area contributed by atoms with Crippen molar-refractivity contribution < 1.29 is 4.79 Å². The summed E-state index contributed by atoms with van der Waals surface area (Å²) in [6, 6.07) is 1.85. The van der Waals surface area contributed by atoms with Gasteiger partial charge in [-0.3, -0.25) is 0 Å². The first-order chi connectivity index (χ1) is 7.04. The van der Waals surface area contributed by atoms with Crippen molar-refractivity contribution in [1.29, 1.82) is 0 Å². The van der Waals surface area contributed by atoms with Crippen molar-refractivity contribution in [2.45, 2.75) is 26.2 Å². The molecule has 0 aliphatic carbocycles. The number of hydrogen-bond donors (Lipinski definition) is 0. The fraction of sp³-hybridized carbons (Fsp3) is 0.545. The lowest BCUT2D eigenvalue weighted by molar-refractivity contribution is -0.107. The molecule has 4 nitrogen and oxygen atoms in total. The van der Waals surface area contributed by atoms with Gasteiger partial charge in [-0.1, -0.05) is 13.8 Å². The molecule has 0 fully saturated rings. The molecule has 0 aliphatic rings. The van der Waals surface area contributed by atoms with Crippen molar-refractivity contribution in [3.63, 3.8) is 0 Å². The minimum atomic E-state index is 0.273. The smallest absolute Gasteiger partial charge is 0.133 e. The molecule has 4 heteroatoms. The molecule has 1 aromatic heterocycles. The number of carbonyl (C=O) groups excluding carboxylic acids is 1. The lowest BCUT2D eigenvalue weighted by atomic mass is 10.2. The molecular formula is C11H17N3O. The van der Waals surface area contributed by atoms with Crippen LogP contribution in [0.3, 0.4) is 0 Å². The Labute approximate surface area is 90.3 Å². The monoisotopic (exact) mass is 207 g/mol. The number of aldehydes is 1. The van der Waals surface area contributed by atoms with Crippen molar-refractivity contribution in [2.75, 3.05) is 19.0 Å². The van der Waals surface area contributed by atoms with Crippen molar-refractivity contribution >= 4 is 12.1 Å². The summed E-state index contributed by atoms with van der Waals surface area (Å²) in [6.07, 6.45) is 1.22. The molecule has 15 heavy (non-hydrogen) atoms. The first-order valence-electron chi connectivity index (χ1n) is 5.03. The predicted octanol–water partition coefficient (Wildman–Crippen LogP) is 1.41. The van der Waals surface area contributed by atoms with E-state index in [0.29, 0.717) is 6.42 Å². The van der Waals surface area contributed by atoms with Crippen LogP contribution in [0, 0.1) is 0 Å². The first kappa shape index (κ1) is 11.6. The Morgan fingerprint density at radius 2 is 2.07 bits per heavy atom. The lowest BCUT2D eigenvalue weighted by Gasteiger charge is -2.14. The zero-order valence-corrected chi connectivity index (χ0v) is 9.69. The van der Waals surface area contributed by atoms with Gasteiger partial charge in [0.05, 0.1) is 5.69 Å². The average molecular weight is 207 g/mol. The largest absolute Gasteiger partial charge is 0.363 e. The lowest BCUT2D eigenvalue weighted by Crippen LogP contribution is -2.14. The van der Waals surface area contributed by atoms with Gasteiger partial charge in [-0.25, -0.2) is 9.97 Å². The Kier molecular flexibility index (Phi) is 3.77. The number of hydrogen-bond acceptors (Lipinski definition) is 4. The highest BCUT2D eigenvalue weighted by atomic mass is 16.1. The Bertz CT molecular complexity index is 321. The van der Waals surface area contributed by atoms with Crippen molar-refractivity contribution in [1.82, 2.24) is 9.97 Å². The first-order valence-corrected chi connectivity index (χ1v) is 5.03. The molecule has 0 saturated heterocycles. The quantitative estimate of drug-likeness (QED) is 0.700. The maximum atomic E-state index is 10.5. The van der Waals surface area contributed by atoms with Gasteiger partial charge < -0.3 is 9.69 Å². The van der Waals surface area contributed by atoms with Gasteiger partial charge in [-0.15, -0.1) is 0 Å². The molecule has 82 valence electrons. The van der Waals surface area contributed by atoms with Crippen LogP contribution < -0.4 is 4.90 Å². The normalized spacial score (nSPS) is 10.5. The molecule has 0 atom stereocenters. The second-order valence-electron chi connectivity index (χ2n) is 4.00. The van der Waals surface area contributed by atoms with Gasteiger partial charge in [-0.2, -0.15) is 0 Å². The van der Waals surface area contributed by atoms with Crippen LogP contribution in [0.2, 0.25) is 0 Å². The van der Waals surface area contributed by atoms with Gasteiger partial charge in [0, 0.05) is 32.5 Å². The van der Waals surface area contributed by atoms with E-state index in [1.54, 1.807) is 0 Å². The van der Waals surface area contributed by atoms with E-state index in [9.17, 15) is 4.79 Å². The van der Waals surface area contributed by atoms with Gasteiger partial charge >= 0.3 is 0 Å². The third-order valence-electron chi connectivity index (χ3n) is 2.05. The summed E-state index contributed by atoms with van der Waals surface area (Å²) >= 11 is 0. The number of anilines is 1. The predicted molar refractivity (Wildman–Crippen MR) is 60.2 cm³/mol. The van der Waals surface area contributed by atoms with Crippen LogP contribution in [0.25, 0.3) is 0 Å². The van der Waals surface area contributed by atoms with Gasteiger partial charge in [0.1, 0.15) is 17.9 Å². The zero-order valence-electron chi connectivity index (χ0n) is 9.69. The minimum absolute atomic E-state index is 0.273. The zero-order chi connectivity index (χ0) is 11.4. The standard InChI is InChI=1S/C11H17N3O/c1-8(2)11-12-9(5-6-15)7-10(13-11)14(3)4/h6-8H,5H2,1-4H3. The number of nitrogens with zero attached hydrogens (tertiary/aromatic N) is 3. The Morgan fingerprint density at radius 3 is 2.53 bits per heavy atom. The van der Waals surface area contributed by atoms with Crippen LogP contribution in [-0.2, 0) is 11.2 Å². The molecule has 1 aromatic rings. The molecule has 0 N–H and O–H groups in total. The van der Waals surface area contributed by atoms with Crippen LogP contribution in [0.5, 0.6) is 0 Å². The van der Waals surface area contributed by atoms with E-state index in [4.69, 9.17) is 0 Å². The van der Waals surface area contributed by atoms with E-state index in [1.807, 2.05) is 38.9 Å². The Morgan fingerprint density at radius 1 is 1.40 bits per heavy atom. The summed E-state index contributed by atoms with van der Waals surface area (Å²) in [4.78, 5) is 21.1. The number of carbonyl (C=O) groups is 1. The van der Waals surface area contributed by atoms with Crippen LogP contribution in [0.4, 0.5) is 5.82 Å². The second kappa shape index (κ2) is 4.87. The fourth-order valence-electron chi connectivity index (χ4n) is 1.18. The molecule has 1 rings (SSSR count). The highest BCUT2D eigenvalue weighted by Crippen LogP contribution is 2.15. The second-order valence-corrected chi connectivity index (χ2v) is 4.00. The number of aromatic nitrogens is 2. The minimum Gasteiger partial charge on any atom is -0.363 e. The van der Waals surface area contributed by atoms with Crippen molar-refractivity contribution in [3.05, 3.63) is 17.6 Å². The van der Waals surface area contributed by atoms with E-state index >= 15 is 0 Å².